The average Bonchev–Trinajstić information content (AvgIpc) is 2.15. The first-order valence-electron chi connectivity index (χ1n) is 5.99. The van der Waals surface area contributed by atoms with Gasteiger partial charge in [0, 0.05) is 25.9 Å². The van der Waals surface area contributed by atoms with Crippen LogP contribution in [0.25, 0.3) is 0 Å². The summed E-state index contributed by atoms with van der Waals surface area (Å²) in [5, 5.41) is 8.41. The maximum Gasteiger partial charge on any atom is 0.303 e. The Morgan fingerprint density at radius 3 is 1.67 bits per heavy atom. The summed E-state index contributed by atoms with van der Waals surface area (Å²) in [6, 6.07) is 0. The summed E-state index contributed by atoms with van der Waals surface area (Å²) in [5.74, 6) is -0.659. The molecule has 0 rings (SSSR count). The SMILES string of the molecule is CCCCCCCCCCCC(=O)O.[Rh]. The molecule has 0 fully saturated rings. The Labute approximate surface area is 107 Å². The van der Waals surface area contributed by atoms with Gasteiger partial charge in [-0.3, -0.25) is 4.79 Å². The van der Waals surface area contributed by atoms with E-state index in [4.69, 9.17) is 5.11 Å². The van der Waals surface area contributed by atoms with Crippen molar-refractivity contribution in [2.45, 2.75) is 71.1 Å². The maximum atomic E-state index is 10.2. The Morgan fingerprint density at radius 1 is 0.867 bits per heavy atom. The molecule has 0 aliphatic heterocycles. The predicted octanol–water partition coefficient (Wildman–Crippen LogP) is 3.99. The zero-order valence-corrected chi connectivity index (χ0v) is 11.4. The normalized spacial score (nSPS) is 9.67. The van der Waals surface area contributed by atoms with E-state index in [0.29, 0.717) is 6.42 Å². The number of hydrogen-bond donors (Lipinski definition) is 1. The summed E-state index contributed by atoms with van der Waals surface area (Å²) < 4.78 is 0. The Kier molecular flexibility index (Phi) is 16.4. The fourth-order valence-electron chi connectivity index (χ4n) is 1.59. The van der Waals surface area contributed by atoms with Crippen molar-refractivity contribution in [2.24, 2.45) is 0 Å². The van der Waals surface area contributed by atoms with Crippen molar-refractivity contribution in [3.05, 3.63) is 0 Å². The molecule has 0 unspecified atom stereocenters. The molecule has 0 spiro atoms. The molecule has 93 valence electrons. The van der Waals surface area contributed by atoms with Gasteiger partial charge in [-0.2, -0.15) is 0 Å². The van der Waals surface area contributed by atoms with Crippen molar-refractivity contribution in [1.29, 1.82) is 0 Å². The van der Waals surface area contributed by atoms with E-state index in [1.807, 2.05) is 0 Å². The zero-order chi connectivity index (χ0) is 10.6. The molecular formula is C12H24O2Rh. The molecule has 0 amide bonds. The summed E-state index contributed by atoms with van der Waals surface area (Å²) in [6.07, 6.45) is 11.5. The van der Waals surface area contributed by atoms with Crippen LogP contribution in [0, 0.1) is 0 Å². The quantitative estimate of drug-likeness (QED) is 0.489. The summed E-state index contributed by atoms with van der Waals surface area (Å²) >= 11 is 0. The van der Waals surface area contributed by atoms with Crippen LogP contribution in [-0.4, -0.2) is 11.1 Å². The van der Waals surface area contributed by atoms with Gasteiger partial charge in [0.05, 0.1) is 0 Å². The molecular weight excluding hydrogens is 279 g/mol. The van der Waals surface area contributed by atoms with Crippen molar-refractivity contribution in [2.75, 3.05) is 0 Å². The molecule has 0 bridgehead atoms. The molecule has 0 aliphatic carbocycles. The standard InChI is InChI=1S/C12H24O2.Rh/c1-2-3-4-5-6-7-8-9-10-11-12(13)14;/h2-11H2,1H3,(H,13,14);. The number of rotatable bonds is 10. The fraction of sp³-hybridized carbons (Fsp3) is 0.917. The molecule has 15 heavy (non-hydrogen) atoms. The van der Waals surface area contributed by atoms with Gasteiger partial charge in [-0.25, -0.2) is 0 Å². The third kappa shape index (κ3) is 16.7. The van der Waals surface area contributed by atoms with E-state index in [0.717, 1.165) is 12.8 Å². The molecule has 0 atom stereocenters. The van der Waals surface area contributed by atoms with Crippen LogP contribution in [0.1, 0.15) is 71.1 Å². The van der Waals surface area contributed by atoms with Crippen LogP contribution in [0.15, 0.2) is 0 Å². The molecule has 0 aromatic rings. The molecule has 0 saturated heterocycles. The van der Waals surface area contributed by atoms with Crippen LogP contribution < -0.4 is 0 Å². The smallest absolute Gasteiger partial charge is 0.303 e. The van der Waals surface area contributed by atoms with Gasteiger partial charge in [-0.05, 0) is 6.42 Å². The van der Waals surface area contributed by atoms with E-state index in [9.17, 15) is 4.79 Å². The van der Waals surface area contributed by atoms with Crippen molar-refractivity contribution >= 4 is 5.97 Å². The summed E-state index contributed by atoms with van der Waals surface area (Å²) in [4.78, 5) is 10.2. The number of aliphatic carboxylic acids is 1. The topological polar surface area (TPSA) is 37.3 Å². The van der Waals surface area contributed by atoms with Gasteiger partial charge in [0.25, 0.3) is 0 Å². The second-order valence-corrected chi connectivity index (χ2v) is 3.97. The minimum absolute atomic E-state index is 0. The first-order chi connectivity index (χ1) is 6.77. The van der Waals surface area contributed by atoms with Gasteiger partial charge in [-0.1, -0.05) is 58.3 Å². The molecule has 1 N–H and O–H groups in total. The number of carbonyl (C=O) groups is 1. The Morgan fingerprint density at radius 2 is 1.27 bits per heavy atom. The Balaban J connectivity index is 0. The molecule has 1 radical (unpaired) electrons. The molecule has 3 heteroatoms. The van der Waals surface area contributed by atoms with E-state index in [1.165, 1.54) is 44.9 Å². The van der Waals surface area contributed by atoms with Crippen LogP contribution in [0.5, 0.6) is 0 Å². The van der Waals surface area contributed by atoms with Crippen LogP contribution in [-0.2, 0) is 24.3 Å². The molecule has 0 aromatic carbocycles. The minimum atomic E-state index is -0.659. The number of carboxylic acids is 1. The number of hydrogen-bond acceptors (Lipinski definition) is 1. The molecule has 0 aromatic heterocycles. The molecule has 0 saturated carbocycles. The van der Waals surface area contributed by atoms with E-state index in [2.05, 4.69) is 6.92 Å². The van der Waals surface area contributed by atoms with E-state index >= 15 is 0 Å². The second kappa shape index (κ2) is 14.1. The molecule has 0 heterocycles. The Bertz CT molecular complexity index is 138. The van der Waals surface area contributed by atoms with Crippen LogP contribution in [0.4, 0.5) is 0 Å². The largest absolute Gasteiger partial charge is 0.481 e. The van der Waals surface area contributed by atoms with Gasteiger partial charge in [0.1, 0.15) is 0 Å². The number of carboxylic acid groups (broad SMARTS) is 1. The first-order valence-corrected chi connectivity index (χ1v) is 5.99. The van der Waals surface area contributed by atoms with Crippen LogP contribution >= 0.6 is 0 Å². The van der Waals surface area contributed by atoms with E-state index < -0.39 is 5.97 Å². The average molecular weight is 303 g/mol. The monoisotopic (exact) mass is 303 g/mol. The van der Waals surface area contributed by atoms with Crippen LogP contribution in [0.2, 0.25) is 0 Å². The molecule has 2 nitrogen and oxygen atoms in total. The fourth-order valence-corrected chi connectivity index (χ4v) is 1.59. The van der Waals surface area contributed by atoms with Gasteiger partial charge in [-0.15, -0.1) is 0 Å². The summed E-state index contributed by atoms with van der Waals surface area (Å²) in [5.41, 5.74) is 0. The second-order valence-electron chi connectivity index (χ2n) is 3.97. The summed E-state index contributed by atoms with van der Waals surface area (Å²) in [6.45, 7) is 2.23. The van der Waals surface area contributed by atoms with Gasteiger partial charge < -0.3 is 5.11 Å². The Hall–Kier alpha value is 0.0934. The first kappa shape index (κ1) is 17.5. The predicted molar refractivity (Wildman–Crippen MR) is 59.5 cm³/mol. The summed E-state index contributed by atoms with van der Waals surface area (Å²) in [7, 11) is 0. The van der Waals surface area contributed by atoms with Crippen molar-refractivity contribution in [1.82, 2.24) is 0 Å². The number of unbranched alkanes of at least 4 members (excludes halogenated alkanes) is 8. The third-order valence-corrected chi connectivity index (χ3v) is 2.49. The molecule has 0 aliphatic rings. The maximum absolute atomic E-state index is 10.2. The zero-order valence-electron chi connectivity index (χ0n) is 9.76. The minimum Gasteiger partial charge on any atom is -0.481 e. The van der Waals surface area contributed by atoms with E-state index in [-0.39, 0.29) is 19.5 Å². The van der Waals surface area contributed by atoms with Crippen LogP contribution in [0.3, 0.4) is 0 Å². The van der Waals surface area contributed by atoms with Gasteiger partial charge in [0.2, 0.25) is 0 Å². The van der Waals surface area contributed by atoms with Gasteiger partial charge in [0.15, 0.2) is 0 Å². The van der Waals surface area contributed by atoms with E-state index in [1.54, 1.807) is 0 Å². The third-order valence-electron chi connectivity index (χ3n) is 2.49. The van der Waals surface area contributed by atoms with Gasteiger partial charge >= 0.3 is 5.97 Å². The van der Waals surface area contributed by atoms with Crippen molar-refractivity contribution < 1.29 is 29.4 Å². The van der Waals surface area contributed by atoms with Crippen molar-refractivity contribution in [3.8, 4) is 0 Å². The van der Waals surface area contributed by atoms with Crippen molar-refractivity contribution in [3.63, 3.8) is 0 Å².